The van der Waals surface area contributed by atoms with Crippen LogP contribution < -0.4 is 0 Å². The van der Waals surface area contributed by atoms with Crippen molar-refractivity contribution in [3.8, 4) is 0 Å². The number of hydrogen-bond donors (Lipinski definition) is 1. The summed E-state index contributed by atoms with van der Waals surface area (Å²) >= 11 is 0. The highest BCUT2D eigenvalue weighted by molar-refractivity contribution is 5.71. The van der Waals surface area contributed by atoms with Crippen LogP contribution in [0.5, 0.6) is 0 Å². The number of carbonyl (C=O) groups is 1. The van der Waals surface area contributed by atoms with Crippen molar-refractivity contribution in [2.75, 3.05) is 0 Å². The molecule has 0 bridgehead atoms. The summed E-state index contributed by atoms with van der Waals surface area (Å²) in [5.74, 6) is -0.127. The maximum atomic E-state index is 10.6. The molecular weight excluding hydrogens is 180 g/mol. The average Bonchev–Trinajstić information content (AvgIpc) is 2.18. The Hall–Kier alpha value is -0.570. The van der Waals surface area contributed by atoms with Gasteiger partial charge in [0.05, 0.1) is 6.10 Å². The lowest BCUT2D eigenvalue weighted by Crippen LogP contribution is -2.30. The van der Waals surface area contributed by atoms with Crippen molar-refractivity contribution in [3.05, 3.63) is 0 Å². The fraction of sp³-hybridized carbons (Fsp3) is 0.909. The molecule has 3 nitrogen and oxygen atoms in total. The molecule has 0 spiro atoms. The van der Waals surface area contributed by atoms with Gasteiger partial charge < -0.3 is 9.84 Å². The Balaban J connectivity index is 2.33. The number of rotatable bonds is 4. The summed E-state index contributed by atoms with van der Waals surface area (Å²) in [7, 11) is 0. The van der Waals surface area contributed by atoms with Crippen molar-refractivity contribution in [3.63, 3.8) is 0 Å². The van der Waals surface area contributed by atoms with Gasteiger partial charge in [-0.3, -0.25) is 0 Å². The van der Waals surface area contributed by atoms with Gasteiger partial charge in [0.1, 0.15) is 0 Å². The van der Waals surface area contributed by atoms with E-state index in [1.54, 1.807) is 6.92 Å². The van der Waals surface area contributed by atoms with Crippen LogP contribution in [0.2, 0.25) is 0 Å². The molecule has 0 aliphatic heterocycles. The molecule has 1 N–H and O–H groups in total. The Morgan fingerprint density at radius 3 is 2.86 bits per heavy atom. The lowest BCUT2D eigenvalue weighted by atomic mass is 9.85. The summed E-state index contributed by atoms with van der Waals surface area (Å²) in [4.78, 5) is 10.6. The lowest BCUT2D eigenvalue weighted by molar-refractivity contribution is -0.154. The van der Waals surface area contributed by atoms with Crippen molar-refractivity contribution in [2.24, 2.45) is 5.92 Å². The highest BCUT2D eigenvalue weighted by Gasteiger charge is 2.24. The lowest BCUT2D eigenvalue weighted by Gasteiger charge is -2.29. The zero-order valence-electron chi connectivity index (χ0n) is 9.03. The summed E-state index contributed by atoms with van der Waals surface area (Å²) < 4.78 is 5.49. The van der Waals surface area contributed by atoms with Crippen LogP contribution in [-0.2, 0) is 9.53 Å². The number of carboxylic acids is 1. The minimum atomic E-state index is -0.858. The van der Waals surface area contributed by atoms with Gasteiger partial charge in [-0.25, -0.2) is 4.79 Å². The quantitative estimate of drug-likeness (QED) is 0.758. The molecule has 1 aliphatic carbocycles. The van der Waals surface area contributed by atoms with Gasteiger partial charge >= 0.3 is 5.97 Å². The van der Waals surface area contributed by atoms with Crippen LogP contribution in [0, 0.1) is 5.92 Å². The summed E-state index contributed by atoms with van der Waals surface area (Å²) in [5, 5.41) is 8.71. The SMILES string of the molecule is CCC1CCCC(O[C@@H](C)C(=O)O)C1. The number of aliphatic carboxylic acids is 1. The smallest absolute Gasteiger partial charge is 0.332 e. The second kappa shape index (κ2) is 5.35. The molecule has 1 saturated carbocycles. The first-order valence-electron chi connectivity index (χ1n) is 5.51. The van der Waals surface area contributed by atoms with E-state index in [4.69, 9.17) is 9.84 Å². The topological polar surface area (TPSA) is 46.5 Å². The fourth-order valence-electron chi connectivity index (χ4n) is 2.08. The first-order valence-corrected chi connectivity index (χ1v) is 5.51. The average molecular weight is 200 g/mol. The molecule has 1 rings (SSSR count). The molecule has 0 amide bonds. The minimum absolute atomic E-state index is 0.166. The van der Waals surface area contributed by atoms with Crippen LogP contribution in [-0.4, -0.2) is 23.3 Å². The highest BCUT2D eigenvalue weighted by Crippen LogP contribution is 2.28. The molecule has 1 fully saturated rings. The minimum Gasteiger partial charge on any atom is -0.479 e. The van der Waals surface area contributed by atoms with Crippen molar-refractivity contribution in [1.29, 1.82) is 0 Å². The van der Waals surface area contributed by atoms with Crippen LogP contribution >= 0.6 is 0 Å². The van der Waals surface area contributed by atoms with Crippen molar-refractivity contribution < 1.29 is 14.6 Å². The van der Waals surface area contributed by atoms with Crippen LogP contribution in [0.3, 0.4) is 0 Å². The molecule has 0 heterocycles. The van der Waals surface area contributed by atoms with Crippen LogP contribution in [0.25, 0.3) is 0 Å². The van der Waals surface area contributed by atoms with Gasteiger partial charge in [0.25, 0.3) is 0 Å². The van der Waals surface area contributed by atoms with E-state index in [1.807, 2.05) is 0 Å². The molecule has 3 atom stereocenters. The summed E-state index contributed by atoms with van der Waals surface area (Å²) in [5.41, 5.74) is 0. The summed E-state index contributed by atoms with van der Waals surface area (Å²) in [6, 6.07) is 0. The first kappa shape index (κ1) is 11.5. The van der Waals surface area contributed by atoms with E-state index >= 15 is 0 Å². The van der Waals surface area contributed by atoms with Crippen molar-refractivity contribution >= 4 is 5.97 Å². The molecule has 0 aromatic carbocycles. The summed E-state index contributed by atoms with van der Waals surface area (Å²) in [6.45, 7) is 3.80. The zero-order valence-corrected chi connectivity index (χ0v) is 9.03. The van der Waals surface area contributed by atoms with E-state index in [1.165, 1.54) is 19.3 Å². The molecule has 0 aromatic rings. The van der Waals surface area contributed by atoms with Crippen LogP contribution in [0.4, 0.5) is 0 Å². The number of hydrogen-bond acceptors (Lipinski definition) is 2. The van der Waals surface area contributed by atoms with Crippen LogP contribution in [0.15, 0.2) is 0 Å². The van der Waals surface area contributed by atoms with E-state index in [2.05, 4.69) is 6.92 Å². The maximum Gasteiger partial charge on any atom is 0.332 e. The number of carboxylic acid groups (broad SMARTS) is 1. The molecule has 3 heteroatoms. The Bertz CT molecular complexity index is 191. The van der Waals surface area contributed by atoms with Gasteiger partial charge in [0.2, 0.25) is 0 Å². The van der Waals surface area contributed by atoms with E-state index in [9.17, 15) is 4.79 Å². The van der Waals surface area contributed by atoms with Gasteiger partial charge in [-0.05, 0) is 25.7 Å². The predicted molar refractivity (Wildman–Crippen MR) is 54.2 cm³/mol. The molecule has 0 aromatic heterocycles. The Labute approximate surface area is 85.5 Å². The third-order valence-corrected chi connectivity index (χ3v) is 3.06. The standard InChI is InChI=1S/C11H20O3/c1-3-9-5-4-6-10(7-9)14-8(2)11(12)13/h8-10H,3-7H2,1-2H3,(H,12,13)/t8-,9?,10?/m0/s1. The van der Waals surface area contributed by atoms with E-state index in [-0.39, 0.29) is 6.10 Å². The fourth-order valence-corrected chi connectivity index (χ4v) is 2.08. The first-order chi connectivity index (χ1) is 6.63. The number of ether oxygens (including phenoxy) is 1. The Morgan fingerprint density at radius 2 is 2.29 bits per heavy atom. The van der Waals surface area contributed by atoms with Gasteiger partial charge in [-0.1, -0.05) is 26.2 Å². The third kappa shape index (κ3) is 3.29. The molecule has 1 aliphatic rings. The predicted octanol–water partition coefficient (Wildman–Crippen LogP) is 2.44. The summed E-state index contributed by atoms with van der Waals surface area (Å²) in [6.07, 6.45) is 5.20. The van der Waals surface area contributed by atoms with E-state index in [0.717, 1.165) is 18.8 Å². The second-order valence-corrected chi connectivity index (χ2v) is 4.18. The largest absolute Gasteiger partial charge is 0.479 e. The molecule has 82 valence electrons. The van der Waals surface area contributed by atoms with Crippen molar-refractivity contribution in [2.45, 2.75) is 58.2 Å². The molecule has 0 radical (unpaired) electrons. The van der Waals surface area contributed by atoms with E-state index in [0.29, 0.717) is 0 Å². The zero-order chi connectivity index (χ0) is 10.6. The van der Waals surface area contributed by atoms with Gasteiger partial charge in [0, 0.05) is 0 Å². The monoisotopic (exact) mass is 200 g/mol. The van der Waals surface area contributed by atoms with E-state index < -0.39 is 12.1 Å². The normalized spacial score (nSPS) is 29.9. The van der Waals surface area contributed by atoms with Gasteiger partial charge in [-0.15, -0.1) is 0 Å². The third-order valence-electron chi connectivity index (χ3n) is 3.06. The van der Waals surface area contributed by atoms with Gasteiger partial charge in [-0.2, -0.15) is 0 Å². The second-order valence-electron chi connectivity index (χ2n) is 4.18. The Morgan fingerprint density at radius 1 is 1.57 bits per heavy atom. The highest BCUT2D eigenvalue weighted by atomic mass is 16.5. The van der Waals surface area contributed by atoms with Crippen molar-refractivity contribution in [1.82, 2.24) is 0 Å². The Kier molecular flexibility index (Phi) is 4.39. The maximum absolute atomic E-state index is 10.6. The molecule has 0 saturated heterocycles. The molecule has 14 heavy (non-hydrogen) atoms. The molecular formula is C11H20O3. The van der Waals surface area contributed by atoms with Gasteiger partial charge in [0.15, 0.2) is 6.10 Å². The molecule has 2 unspecified atom stereocenters. The van der Waals surface area contributed by atoms with Crippen LogP contribution in [0.1, 0.15) is 46.0 Å².